The molecule has 168 valence electrons. The second-order valence-corrected chi connectivity index (χ2v) is 11.4. The Kier molecular flexibility index (Phi) is 6.70. The number of nitrogens with one attached hydrogen (secondary N) is 1. The van der Waals surface area contributed by atoms with E-state index in [0.29, 0.717) is 11.5 Å². The van der Waals surface area contributed by atoms with Crippen molar-refractivity contribution < 1.29 is 36.3 Å². The average molecular weight is 470 g/mol. The molecular formula is C20H23NO8S2. The molecule has 2 aromatic carbocycles. The lowest BCUT2D eigenvalue weighted by atomic mass is 9.81. The second-order valence-electron chi connectivity index (χ2n) is 7.41. The molecule has 0 aliphatic carbocycles. The van der Waals surface area contributed by atoms with E-state index in [1.54, 1.807) is 5.48 Å². The Morgan fingerprint density at radius 3 is 1.90 bits per heavy atom. The van der Waals surface area contributed by atoms with E-state index in [4.69, 9.17) is 14.7 Å². The zero-order valence-electron chi connectivity index (χ0n) is 16.8. The molecule has 2 N–H and O–H groups in total. The van der Waals surface area contributed by atoms with Gasteiger partial charge in [0.25, 0.3) is 5.91 Å². The van der Waals surface area contributed by atoms with E-state index in [9.17, 15) is 21.6 Å². The Labute approximate surface area is 180 Å². The van der Waals surface area contributed by atoms with Crippen LogP contribution >= 0.6 is 0 Å². The van der Waals surface area contributed by atoms with Gasteiger partial charge in [-0.05, 0) is 61.4 Å². The number of hydrogen-bond donors (Lipinski definition) is 2. The molecule has 0 unspecified atom stereocenters. The standard InChI is InChI=1S/C20H23NO8S2/c1-30(24,25)17-6-2-15(3-7-17)29-16-4-8-18(9-5-16)31(26,27)14-20(19(22)21-23)10-12-28-13-11-20/h2-9,23H,10-14H2,1H3,(H,21,22). The van der Waals surface area contributed by atoms with Crippen LogP contribution in [0.25, 0.3) is 0 Å². The molecule has 0 saturated carbocycles. The first-order valence-electron chi connectivity index (χ1n) is 9.39. The third-order valence-corrected chi connectivity index (χ3v) is 8.22. The number of rotatable bonds is 7. The van der Waals surface area contributed by atoms with Gasteiger partial charge in [0.2, 0.25) is 0 Å². The third kappa shape index (κ3) is 5.42. The normalized spacial score (nSPS) is 16.5. The highest BCUT2D eigenvalue weighted by atomic mass is 32.2. The van der Waals surface area contributed by atoms with Crippen molar-refractivity contribution in [3.63, 3.8) is 0 Å². The molecule has 2 aromatic rings. The molecular weight excluding hydrogens is 446 g/mol. The summed E-state index contributed by atoms with van der Waals surface area (Å²) in [4.78, 5) is 12.4. The first-order chi connectivity index (χ1) is 14.6. The van der Waals surface area contributed by atoms with Crippen LogP contribution in [-0.4, -0.2) is 53.2 Å². The number of hydroxylamine groups is 1. The molecule has 9 nitrogen and oxygen atoms in total. The van der Waals surface area contributed by atoms with Crippen LogP contribution in [0.4, 0.5) is 0 Å². The van der Waals surface area contributed by atoms with Gasteiger partial charge in [0, 0.05) is 19.5 Å². The third-order valence-electron chi connectivity index (χ3n) is 5.17. The van der Waals surface area contributed by atoms with Crippen LogP contribution in [0, 0.1) is 5.41 Å². The molecule has 1 aliphatic heterocycles. The second kappa shape index (κ2) is 8.95. The van der Waals surface area contributed by atoms with Crippen LogP contribution in [0.15, 0.2) is 58.3 Å². The van der Waals surface area contributed by atoms with E-state index in [2.05, 4.69) is 0 Å². The molecule has 3 rings (SSSR count). The maximum absolute atomic E-state index is 12.9. The van der Waals surface area contributed by atoms with E-state index in [1.807, 2.05) is 0 Å². The summed E-state index contributed by atoms with van der Waals surface area (Å²) in [6, 6.07) is 11.5. The molecule has 0 radical (unpaired) electrons. The summed E-state index contributed by atoms with van der Waals surface area (Å²) in [5.74, 6) is -0.441. The largest absolute Gasteiger partial charge is 0.457 e. The average Bonchev–Trinajstić information content (AvgIpc) is 2.73. The van der Waals surface area contributed by atoms with Gasteiger partial charge >= 0.3 is 0 Å². The highest BCUT2D eigenvalue weighted by Crippen LogP contribution is 2.35. The number of sulfone groups is 2. The van der Waals surface area contributed by atoms with Gasteiger partial charge in [0.05, 0.1) is 21.0 Å². The predicted octanol–water partition coefficient (Wildman–Crippen LogP) is 1.96. The van der Waals surface area contributed by atoms with Crippen LogP contribution in [0.2, 0.25) is 0 Å². The minimum atomic E-state index is -3.83. The Morgan fingerprint density at radius 2 is 1.45 bits per heavy atom. The van der Waals surface area contributed by atoms with E-state index in [0.717, 1.165) is 6.26 Å². The van der Waals surface area contributed by atoms with Crippen molar-refractivity contribution in [3.05, 3.63) is 48.5 Å². The van der Waals surface area contributed by atoms with Crippen molar-refractivity contribution in [2.45, 2.75) is 22.6 Å². The highest BCUT2D eigenvalue weighted by molar-refractivity contribution is 7.91. The minimum absolute atomic E-state index is 0.0175. The van der Waals surface area contributed by atoms with E-state index >= 15 is 0 Å². The first kappa shape index (κ1) is 23.2. The summed E-state index contributed by atoms with van der Waals surface area (Å²) in [5.41, 5.74) is 0.321. The van der Waals surface area contributed by atoms with Crippen LogP contribution in [0.5, 0.6) is 11.5 Å². The van der Waals surface area contributed by atoms with Gasteiger partial charge in [0.1, 0.15) is 11.5 Å². The maximum Gasteiger partial charge on any atom is 0.250 e. The van der Waals surface area contributed by atoms with Gasteiger partial charge in [-0.1, -0.05) is 0 Å². The first-order valence-corrected chi connectivity index (χ1v) is 12.9. The SMILES string of the molecule is CS(=O)(=O)c1ccc(Oc2ccc(S(=O)(=O)CC3(C(=O)NO)CCOCC3)cc2)cc1. The minimum Gasteiger partial charge on any atom is -0.457 e. The number of carbonyl (C=O) groups excluding carboxylic acids is 1. The topological polar surface area (TPSA) is 136 Å². The lowest BCUT2D eigenvalue weighted by molar-refractivity contribution is -0.143. The quantitative estimate of drug-likeness (QED) is 0.464. The van der Waals surface area contributed by atoms with E-state index in [-0.39, 0.29) is 35.8 Å². The lowest BCUT2D eigenvalue weighted by Gasteiger charge is -2.34. The summed E-state index contributed by atoms with van der Waals surface area (Å²) < 4.78 is 59.8. The summed E-state index contributed by atoms with van der Waals surface area (Å²) in [6.07, 6.45) is 1.48. The monoisotopic (exact) mass is 469 g/mol. The van der Waals surface area contributed by atoms with Crippen LogP contribution < -0.4 is 10.2 Å². The maximum atomic E-state index is 12.9. The molecule has 0 atom stereocenters. The van der Waals surface area contributed by atoms with Gasteiger partial charge in [-0.3, -0.25) is 10.0 Å². The molecule has 1 heterocycles. The Bertz CT molecular complexity index is 1130. The van der Waals surface area contributed by atoms with Gasteiger partial charge in [0.15, 0.2) is 19.7 Å². The van der Waals surface area contributed by atoms with Crippen LogP contribution in [0.1, 0.15) is 12.8 Å². The summed E-state index contributed by atoms with van der Waals surface area (Å²) in [5, 5.41) is 9.07. The molecule has 1 fully saturated rings. The van der Waals surface area contributed by atoms with Crippen LogP contribution in [-0.2, 0) is 29.2 Å². The van der Waals surface area contributed by atoms with Crippen LogP contribution in [0.3, 0.4) is 0 Å². The molecule has 0 spiro atoms. The molecule has 1 saturated heterocycles. The smallest absolute Gasteiger partial charge is 0.250 e. The van der Waals surface area contributed by atoms with Gasteiger partial charge in [-0.2, -0.15) is 0 Å². The fourth-order valence-corrected chi connectivity index (χ4v) is 5.87. The molecule has 1 amide bonds. The summed E-state index contributed by atoms with van der Waals surface area (Å²) in [7, 11) is -7.15. The Balaban J connectivity index is 1.76. The molecule has 0 bridgehead atoms. The molecule has 0 aromatic heterocycles. The summed E-state index contributed by atoms with van der Waals surface area (Å²) in [6.45, 7) is 0.460. The number of hydrogen-bond acceptors (Lipinski definition) is 8. The number of ether oxygens (including phenoxy) is 2. The van der Waals surface area contributed by atoms with E-state index < -0.39 is 36.7 Å². The van der Waals surface area contributed by atoms with Crippen molar-refractivity contribution in [2.24, 2.45) is 5.41 Å². The highest BCUT2D eigenvalue weighted by Gasteiger charge is 2.44. The van der Waals surface area contributed by atoms with Crippen molar-refractivity contribution in [1.29, 1.82) is 0 Å². The van der Waals surface area contributed by atoms with Crippen molar-refractivity contribution in [3.8, 4) is 11.5 Å². The van der Waals surface area contributed by atoms with Crippen molar-refractivity contribution >= 4 is 25.6 Å². The fraction of sp³-hybridized carbons (Fsp3) is 0.350. The van der Waals surface area contributed by atoms with Gasteiger partial charge in [-0.25, -0.2) is 22.3 Å². The molecule has 11 heteroatoms. The number of carbonyl (C=O) groups is 1. The van der Waals surface area contributed by atoms with Gasteiger partial charge in [-0.15, -0.1) is 0 Å². The van der Waals surface area contributed by atoms with Gasteiger partial charge < -0.3 is 9.47 Å². The zero-order valence-corrected chi connectivity index (χ0v) is 18.4. The fourth-order valence-electron chi connectivity index (χ4n) is 3.37. The number of benzene rings is 2. The Morgan fingerprint density at radius 1 is 0.968 bits per heavy atom. The molecule has 1 aliphatic rings. The predicted molar refractivity (Wildman–Crippen MR) is 111 cm³/mol. The Hall–Kier alpha value is -2.47. The van der Waals surface area contributed by atoms with E-state index in [1.165, 1.54) is 48.5 Å². The zero-order chi connectivity index (χ0) is 22.7. The summed E-state index contributed by atoms with van der Waals surface area (Å²) >= 11 is 0. The van der Waals surface area contributed by atoms with Crippen molar-refractivity contribution in [2.75, 3.05) is 25.2 Å². The molecule has 31 heavy (non-hydrogen) atoms. The lowest BCUT2D eigenvalue weighted by Crippen LogP contribution is -2.47. The number of amides is 1. The van der Waals surface area contributed by atoms with Crippen molar-refractivity contribution in [1.82, 2.24) is 5.48 Å².